The number of carbonyl (C=O) groups is 1. The highest BCUT2D eigenvalue weighted by atomic mass is 19.1. The Kier molecular flexibility index (Phi) is 3.94. The largest absolute Gasteiger partial charge is 0.478 e. The molecule has 1 N–H and O–H groups in total. The molecule has 2 rings (SSSR count). The third-order valence-electron chi connectivity index (χ3n) is 2.92. The van der Waals surface area contributed by atoms with Crippen molar-refractivity contribution in [1.82, 2.24) is 0 Å². The number of carboxylic acids is 1. The maximum atomic E-state index is 13.6. The molecule has 2 nitrogen and oxygen atoms in total. The second-order valence-corrected chi connectivity index (χ2v) is 4.37. The maximum absolute atomic E-state index is 13.6. The highest BCUT2D eigenvalue weighted by molar-refractivity contribution is 5.89. The number of hydrogen-bond acceptors (Lipinski definition) is 1. The van der Waals surface area contributed by atoms with Crippen molar-refractivity contribution in [3.8, 4) is 11.1 Å². The van der Waals surface area contributed by atoms with Gasteiger partial charge in [-0.05, 0) is 35.8 Å². The molecule has 2 aromatic rings. The Morgan fingerprint density at radius 2 is 1.75 bits per heavy atom. The third-order valence-corrected chi connectivity index (χ3v) is 2.92. The van der Waals surface area contributed by atoms with E-state index in [0.29, 0.717) is 16.7 Å². The second kappa shape index (κ2) is 5.65. The van der Waals surface area contributed by atoms with Crippen LogP contribution in [0.1, 0.15) is 12.5 Å². The molecule has 0 aliphatic rings. The molecule has 0 aliphatic carbocycles. The highest BCUT2D eigenvalue weighted by Crippen LogP contribution is 2.25. The standard InChI is InChI=1S/C16H12F2O2/c1-10(8-16(19)20)11-2-4-12(5-3-11)14-7-6-13(17)9-15(14)18/h2-9H,1H3,(H,19,20). The fourth-order valence-electron chi connectivity index (χ4n) is 1.90. The number of hydrogen-bond donors (Lipinski definition) is 1. The average molecular weight is 274 g/mol. The van der Waals surface area contributed by atoms with Crippen molar-refractivity contribution >= 4 is 11.5 Å². The predicted octanol–water partition coefficient (Wildman–Crippen LogP) is 4.12. The maximum Gasteiger partial charge on any atom is 0.328 e. The molecule has 0 spiro atoms. The van der Waals surface area contributed by atoms with Gasteiger partial charge >= 0.3 is 5.97 Å². The molecule has 0 saturated heterocycles. The molecule has 0 fully saturated rings. The summed E-state index contributed by atoms with van der Waals surface area (Å²) in [6.45, 7) is 1.68. The Bertz CT molecular complexity index is 673. The van der Waals surface area contributed by atoms with Crippen LogP contribution in [-0.4, -0.2) is 11.1 Å². The molecular formula is C16H12F2O2. The zero-order valence-corrected chi connectivity index (χ0v) is 10.7. The van der Waals surface area contributed by atoms with Crippen LogP contribution >= 0.6 is 0 Å². The molecule has 0 saturated carbocycles. The number of halogens is 2. The molecular weight excluding hydrogens is 262 g/mol. The van der Waals surface area contributed by atoms with Gasteiger partial charge in [-0.3, -0.25) is 0 Å². The summed E-state index contributed by atoms with van der Waals surface area (Å²) in [5.41, 5.74) is 2.24. The van der Waals surface area contributed by atoms with Crippen LogP contribution in [0.2, 0.25) is 0 Å². The SMILES string of the molecule is CC(=CC(=O)O)c1ccc(-c2ccc(F)cc2F)cc1. The Balaban J connectivity index is 2.35. The van der Waals surface area contributed by atoms with Crippen LogP contribution in [0.5, 0.6) is 0 Å². The molecule has 2 aromatic carbocycles. The lowest BCUT2D eigenvalue weighted by Crippen LogP contribution is -1.90. The summed E-state index contributed by atoms with van der Waals surface area (Å²) in [7, 11) is 0. The third kappa shape index (κ3) is 3.09. The summed E-state index contributed by atoms with van der Waals surface area (Å²) in [5, 5.41) is 8.68. The van der Waals surface area contributed by atoms with Crippen LogP contribution in [0.3, 0.4) is 0 Å². The van der Waals surface area contributed by atoms with Gasteiger partial charge in [0.2, 0.25) is 0 Å². The molecule has 4 heteroatoms. The summed E-state index contributed by atoms with van der Waals surface area (Å²) in [6, 6.07) is 10.1. The summed E-state index contributed by atoms with van der Waals surface area (Å²) < 4.78 is 26.5. The van der Waals surface area contributed by atoms with E-state index >= 15 is 0 Å². The molecule has 0 atom stereocenters. The minimum Gasteiger partial charge on any atom is -0.478 e. The van der Waals surface area contributed by atoms with E-state index in [-0.39, 0.29) is 0 Å². The van der Waals surface area contributed by atoms with Crippen molar-refractivity contribution in [3.05, 3.63) is 65.7 Å². The zero-order valence-electron chi connectivity index (χ0n) is 10.7. The molecule has 20 heavy (non-hydrogen) atoms. The van der Waals surface area contributed by atoms with Crippen LogP contribution in [0.4, 0.5) is 8.78 Å². The van der Waals surface area contributed by atoms with Gasteiger partial charge in [-0.15, -0.1) is 0 Å². The average Bonchev–Trinajstić information content (AvgIpc) is 2.38. The second-order valence-electron chi connectivity index (χ2n) is 4.37. The van der Waals surface area contributed by atoms with E-state index in [1.54, 1.807) is 31.2 Å². The van der Waals surface area contributed by atoms with E-state index in [0.717, 1.165) is 17.7 Å². The smallest absolute Gasteiger partial charge is 0.328 e. The topological polar surface area (TPSA) is 37.3 Å². The molecule has 0 aliphatic heterocycles. The van der Waals surface area contributed by atoms with Gasteiger partial charge in [0, 0.05) is 17.7 Å². The fourth-order valence-corrected chi connectivity index (χ4v) is 1.90. The Hall–Kier alpha value is -2.49. The minimum absolute atomic E-state index is 0.304. The van der Waals surface area contributed by atoms with Gasteiger partial charge in [-0.25, -0.2) is 13.6 Å². The number of benzene rings is 2. The lowest BCUT2D eigenvalue weighted by Gasteiger charge is -2.06. The molecule has 0 aromatic heterocycles. The summed E-state index contributed by atoms with van der Waals surface area (Å²) in [5.74, 6) is -2.27. The van der Waals surface area contributed by atoms with Crippen molar-refractivity contribution < 1.29 is 18.7 Å². The Labute approximate surface area is 115 Å². The molecule has 102 valence electrons. The lowest BCUT2D eigenvalue weighted by atomic mass is 10.0. The molecule has 0 radical (unpaired) electrons. The van der Waals surface area contributed by atoms with E-state index in [9.17, 15) is 13.6 Å². The number of carboxylic acid groups (broad SMARTS) is 1. The summed E-state index contributed by atoms with van der Waals surface area (Å²) in [4.78, 5) is 10.6. The number of aliphatic carboxylic acids is 1. The normalized spacial score (nSPS) is 11.4. The van der Waals surface area contributed by atoms with Gasteiger partial charge in [0.1, 0.15) is 11.6 Å². The summed E-state index contributed by atoms with van der Waals surface area (Å²) in [6.07, 6.45) is 1.10. The monoisotopic (exact) mass is 274 g/mol. The molecule has 0 bridgehead atoms. The van der Waals surface area contributed by atoms with E-state index < -0.39 is 17.6 Å². The summed E-state index contributed by atoms with van der Waals surface area (Å²) >= 11 is 0. The van der Waals surface area contributed by atoms with Crippen LogP contribution in [0, 0.1) is 11.6 Å². The van der Waals surface area contributed by atoms with Crippen molar-refractivity contribution in [2.75, 3.05) is 0 Å². The first-order chi connectivity index (χ1) is 9.47. The van der Waals surface area contributed by atoms with Gasteiger partial charge in [0.25, 0.3) is 0 Å². The van der Waals surface area contributed by atoms with Gasteiger partial charge < -0.3 is 5.11 Å². The van der Waals surface area contributed by atoms with E-state index in [2.05, 4.69) is 0 Å². The predicted molar refractivity (Wildman–Crippen MR) is 73.1 cm³/mol. The van der Waals surface area contributed by atoms with E-state index in [1.807, 2.05) is 0 Å². The Morgan fingerprint density at radius 3 is 2.30 bits per heavy atom. The van der Waals surface area contributed by atoms with Crippen LogP contribution in [0.25, 0.3) is 16.7 Å². The molecule has 0 heterocycles. The first-order valence-corrected chi connectivity index (χ1v) is 5.94. The van der Waals surface area contributed by atoms with Crippen molar-refractivity contribution in [2.45, 2.75) is 6.92 Å². The molecule has 0 amide bonds. The fraction of sp³-hybridized carbons (Fsp3) is 0.0625. The number of allylic oxidation sites excluding steroid dienone is 1. The first kappa shape index (κ1) is 13.9. The van der Waals surface area contributed by atoms with E-state index in [4.69, 9.17) is 5.11 Å². The quantitative estimate of drug-likeness (QED) is 0.855. The lowest BCUT2D eigenvalue weighted by molar-refractivity contribution is -0.131. The molecule has 0 unspecified atom stereocenters. The van der Waals surface area contributed by atoms with Crippen molar-refractivity contribution in [3.63, 3.8) is 0 Å². The van der Waals surface area contributed by atoms with Crippen LogP contribution in [0.15, 0.2) is 48.5 Å². The van der Waals surface area contributed by atoms with Crippen LogP contribution < -0.4 is 0 Å². The highest BCUT2D eigenvalue weighted by Gasteiger charge is 2.07. The zero-order chi connectivity index (χ0) is 14.7. The number of rotatable bonds is 3. The van der Waals surface area contributed by atoms with Gasteiger partial charge in [-0.2, -0.15) is 0 Å². The van der Waals surface area contributed by atoms with Crippen molar-refractivity contribution in [1.29, 1.82) is 0 Å². The van der Waals surface area contributed by atoms with Crippen molar-refractivity contribution in [2.24, 2.45) is 0 Å². The Morgan fingerprint density at radius 1 is 1.10 bits per heavy atom. The van der Waals surface area contributed by atoms with E-state index in [1.165, 1.54) is 12.1 Å². The van der Waals surface area contributed by atoms with Gasteiger partial charge in [0.05, 0.1) is 0 Å². The minimum atomic E-state index is -1.02. The first-order valence-electron chi connectivity index (χ1n) is 5.94. The van der Waals surface area contributed by atoms with Gasteiger partial charge in [-0.1, -0.05) is 24.3 Å². The van der Waals surface area contributed by atoms with Crippen LogP contribution in [-0.2, 0) is 4.79 Å². The van der Waals surface area contributed by atoms with Gasteiger partial charge in [0.15, 0.2) is 0 Å².